The molecule has 8 nitrogen and oxygen atoms in total. The molecule has 1 amide bonds. The number of nitro groups is 1. The van der Waals surface area contributed by atoms with Gasteiger partial charge in [0, 0.05) is 6.07 Å². The number of hydrogen-bond acceptors (Lipinski definition) is 6. The van der Waals surface area contributed by atoms with Gasteiger partial charge in [0.2, 0.25) is 5.75 Å². The van der Waals surface area contributed by atoms with Crippen LogP contribution in [0.15, 0.2) is 41.0 Å². The average molecular weight is 381 g/mol. The summed E-state index contributed by atoms with van der Waals surface area (Å²) in [6, 6.07) is 8.22. The number of hydrogen-bond donors (Lipinski definition) is 1. The second-order valence-electron chi connectivity index (χ2n) is 6.48. The van der Waals surface area contributed by atoms with Gasteiger partial charge in [-0.05, 0) is 61.7 Å². The van der Waals surface area contributed by atoms with Crippen LogP contribution in [0.2, 0.25) is 0 Å². The minimum Gasteiger partial charge on any atom is -0.500 e. The number of phenolic OH excluding ortho intramolecular Hbond substituents is 1. The van der Waals surface area contributed by atoms with Crippen molar-refractivity contribution in [1.82, 2.24) is 0 Å². The van der Waals surface area contributed by atoms with Gasteiger partial charge < -0.3 is 9.84 Å². The molecule has 2 aromatic carbocycles. The Morgan fingerprint density at radius 2 is 1.89 bits per heavy atom. The number of anilines is 1. The van der Waals surface area contributed by atoms with Crippen LogP contribution in [0.3, 0.4) is 0 Å². The fraction of sp³-hybridized carbons (Fsp3) is 0.200. The van der Waals surface area contributed by atoms with E-state index >= 15 is 0 Å². The molecule has 0 aromatic heterocycles. The van der Waals surface area contributed by atoms with Gasteiger partial charge in [0.25, 0.3) is 5.91 Å². The van der Waals surface area contributed by atoms with Crippen LogP contribution in [-0.2, 0) is 4.79 Å². The topological polar surface area (TPSA) is 105 Å². The number of rotatable bonds is 4. The number of nitro benzene ring substituents is 1. The smallest absolute Gasteiger partial charge is 0.315 e. The molecule has 1 aliphatic heterocycles. The number of phenols is 1. The Labute approximate surface area is 161 Å². The number of benzene rings is 2. The molecule has 0 fully saturated rings. The maximum Gasteiger partial charge on any atom is 0.315 e. The Kier molecular flexibility index (Phi) is 4.87. The van der Waals surface area contributed by atoms with E-state index in [-0.39, 0.29) is 11.7 Å². The molecule has 0 saturated heterocycles. The van der Waals surface area contributed by atoms with Crippen molar-refractivity contribution in [2.75, 3.05) is 12.1 Å². The first-order valence-electron chi connectivity index (χ1n) is 8.47. The minimum atomic E-state index is -0.710. The summed E-state index contributed by atoms with van der Waals surface area (Å²) in [6.07, 6.45) is 1.50. The van der Waals surface area contributed by atoms with Crippen LogP contribution >= 0.6 is 0 Å². The molecule has 1 aliphatic rings. The minimum absolute atomic E-state index is 0.0490. The molecule has 0 saturated carbocycles. The predicted octanol–water partition coefficient (Wildman–Crippen LogP) is 3.73. The molecule has 0 aliphatic carbocycles. The first kappa shape index (κ1) is 19.1. The summed E-state index contributed by atoms with van der Waals surface area (Å²) in [5, 5.41) is 26.7. The standard InChI is InChI=1S/C20H19N3O5/c1-11-5-6-15(7-12(11)2)22-20(25)16(13(3)21-22)8-14-9-17(23(26)27)19(24)18(10-14)28-4/h5-10,24H,1-4H3/b16-8+. The Bertz CT molecular complexity index is 1060. The summed E-state index contributed by atoms with van der Waals surface area (Å²) in [5.74, 6) is -0.947. The molecule has 144 valence electrons. The maximum absolute atomic E-state index is 12.9. The zero-order valence-corrected chi connectivity index (χ0v) is 15.9. The van der Waals surface area contributed by atoms with Crippen LogP contribution in [0.5, 0.6) is 11.5 Å². The number of methoxy groups -OCH3 is 1. The number of aryl methyl sites for hydroxylation is 2. The third-order valence-corrected chi connectivity index (χ3v) is 4.60. The summed E-state index contributed by atoms with van der Waals surface area (Å²) in [6.45, 7) is 5.63. The average Bonchev–Trinajstić information content (AvgIpc) is 2.93. The second-order valence-corrected chi connectivity index (χ2v) is 6.48. The van der Waals surface area contributed by atoms with E-state index < -0.39 is 16.4 Å². The van der Waals surface area contributed by atoms with Crippen molar-refractivity contribution in [3.8, 4) is 11.5 Å². The molecule has 1 N–H and O–H groups in total. The third kappa shape index (κ3) is 3.32. The Morgan fingerprint density at radius 1 is 1.18 bits per heavy atom. The number of aromatic hydroxyl groups is 1. The van der Waals surface area contributed by atoms with Crippen molar-refractivity contribution >= 4 is 29.1 Å². The number of carbonyl (C=O) groups excluding carboxylic acids is 1. The molecule has 3 rings (SSSR count). The largest absolute Gasteiger partial charge is 0.500 e. The zero-order chi connectivity index (χ0) is 20.6. The zero-order valence-electron chi connectivity index (χ0n) is 15.9. The van der Waals surface area contributed by atoms with Crippen LogP contribution in [0.4, 0.5) is 11.4 Å². The molecule has 0 bridgehead atoms. The summed E-state index contributed by atoms with van der Waals surface area (Å²) in [5.41, 5.74) is 3.42. The van der Waals surface area contributed by atoms with Gasteiger partial charge in [-0.1, -0.05) is 6.07 Å². The number of amides is 1. The molecule has 0 radical (unpaired) electrons. The summed E-state index contributed by atoms with van der Waals surface area (Å²) in [4.78, 5) is 23.4. The molecular weight excluding hydrogens is 362 g/mol. The van der Waals surface area contributed by atoms with Crippen molar-refractivity contribution in [3.63, 3.8) is 0 Å². The third-order valence-electron chi connectivity index (χ3n) is 4.60. The van der Waals surface area contributed by atoms with Gasteiger partial charge in [0.1, 0.15) is 0 Å². The normalized spacial score (nSPS) is 15.1. The van der Waals surface area contributed by atoms with E-state index in [4.69, 9.17) is 4.74 Å². The van der Waals surface area contributed by atoms with E-state index in [0.29, 0.717) is 22.5 Å². The van der Waals surface area contributed by atoms with Gasteiger partial charge in [-0.25, -0.2) is 0 Å². The van der Waals surface area contributed by atoms with Gasteiger partial charge in [0.05, 0.1) is 29.0 Å². The molecular formula is C20H19N3O5. The van der Waals surface area contributed by atoms with Crippen molar-refractivity contribution in [2.45, 2.75) is 20.8 Å². The lowest BCUT2D eigenvalue weighted by molar-refractivity contribution is -0.386. The SMILES string of the molecule is COc1cc(/C=C2/C(=O)N(c3ccc(C)c(C)c3)N=C2C)cc([N+](=O)[O-])c1O. The molecule has 8 heteroatoms. The summed E-state index contributed by atoms with van der Waals surface area (Å²) >= 11 is 0. The monoisotopic (exact) mass is 381 g/mol. The van der Waals surface area contributed by atoms with Gasteiger partial charge in [-0.2, -0.15) is 10.1 Å². The number of carbonyl (C=O) groups is 1. The lowest BCUT2D eigenvalue weighted by Gasteiger charge is -2.13. The highest BCUT2D eigenvalue weighted by Crippen LogP contribution is 2.38. The predicted molar refractivity (Wildman–Crippen MR) is 106 cm³/mol. The molecule has 1 heterocycles. The number of ether oxygens (including phenoxy) is 1. The van der Waals surface area contributed by atoms with Crippen LogP contribution in [0.25, 0.3) is 6.08 Å². The van der Waals surface area contributed by atoms with Gasteiger partial charge in [-0.15, -0.1) is 0 Å². The van der Waals surface area contributed by atoms with Crippen LogP contribution < -0.4 is 9.75 Å². The van der Waals surface area contributed by atoms with Crippen LogP contribution in [0.1, 0.15) is 23.6 Å². The lowest BCUT2D eigenvalue weighted by Crippen LogP contribution is -2.21. The van der Waals surface area contributed by atoms with Gasteiger partial charge in [-0.3, -0.25) is 14.9 Å². The maximum atomic E-state index is 12.9. The Hall–Kier alpha value is -3.68. The van der Waals surface area contributed by atoms with Crippen molar-refractivity contribution < 1.29 is 19.6 Å². The Morgan fingerprint density at radius 3 is 2.50 bits per heavy atom. The van der Waals surface area contributed by atoms with E-state index in [9.17, 15) is 20.0 Å². The fourth-order valence-electron chi connectivity index (χ4n) is 2.88. The van der Waals surface area contributed by atoms with Crippen molar-refractivity contribution in [1.29, 1.82) is 0 Å². The summed E-state index contributed by atoms with van der Waals surface area (Å²) in [7, 11) is 1.30. The van der Waals surface area contributed by atoms with Gasteiger partial charge >= 0.3 is 5.69 Å². The highest BCUT2D eigenvalue weighted by atomic mass is 16.6. The van der Waals surface area contributed by atoms with E-state index in [1.165, 1.54) is 30.3 Å². The first-order valence-corrected chi connectivity index (χ1v) is 8.47. The molecule has 2 aromatic rings. The van der Waals surface area contributed by atoms with E-state index in [0.717, 1.165) is 11.1 Å². The van der Waals surface area contributed by atoms with Crippen LogP contribution in [0, 0.1) is 24.0 Å². The molecule has 28 heavy (non-hydrogen) atoms. The van der Waals surface area contributed by atoms with E-state index in [1.807, 2.05) is 32.0 Å². The van der Waals surface area contributed by atoms with Gasteiger partial charge in [0.15, 0.2) is 5.75 Å². The van der Waals surface area contributed by atoms with E-state index in [2.05, 4.69) is 5.10 Å². The second kappa shape index (κ2) is 7.15. The summed E-state index contributed by atoms with van der Waals surface area (Å²) < 4.78 is 5.00. The Balaban J connectivity index is 2.03. The van der Waals surface area contributed by atoms with Crippen molar-refractivity contribution in [3.05, 3.63) is 62.7 Å². The van der Waals surface area contributed by atoms with E-state index in [1.54, 1.807) is 6.92 Å². The van der Waals surface area contributed by atoms with Crippen molar-refractivity contribution in [2.24, 2.45) is 5.10 Å². The quantitative estimate of drug-likeness (QED) is 0.493. The fourth-order valence-corrected chi connectivity index (χ4v) is 2.88. The lowest BCUT2D eigenvalue weighted by atomic mass is 10.1. The number of nitrogens with zero attached hydrogens (tertiary/aromatic N) is 3. The molecule has 0 spiro atoms. The molecule has 0 atom stereocenters. The van der Waals surface area contributed by atoms with Crippen LogP contribution in [-0.4, -0.2) is 28.8 Å². The highest BCUT2D eigenvalue weighted by Gasteiger charge is 2.29. The first-order chi connectivity index (χ1) is 13.2. The molecule has 0 unspecified atom stereocenters. The highest BCUT2D eigenvalue weighted by molar-refractivity contribution is 6.32. The number of hydrazone groups is 1.